The van der Waals surface area contributed by atoms with E-state index in [0.717, 1.165) is 5.39 Å². The number of nitrogens with zero attached hydrogens (tertiary/aromatic N) is 2. The smallest absolute Gasteiger partial charge is 0.259 e. The summed E-state index contributed by atoms with van der Waals surface area (Å²) in [6.07, 6.45) is 3.35. The number of aromatic amines is 1. The van der Waals surface area contributed by atoms with Crippen LogP contribution in [0.15, 0.2) is 41.5 Å². The zero-order valence-electron chi connectivity index (χ0n) is 11.5. The van der Waals surface area contributed by atoms with Crippen LogP contribution in [0.1, 0.15) is 0 Å². The van der Waals surface area contributed by atoms with Crippen molar-refractivity contribution >= 4 is 10.9 Å². The van der Waals surface area contributed by atoms with E-state index in [9.17, 15) is 4.79 Å². The molecule has 1 aromatic carbocycles. The number of methoxy groups -OCH3 is 1. The molecule has 0 bridgehead atoms. The number of nitrogens with one attached hydrogen (secondary N) is 1. The first kappa shape index (κ1) is 13.4. The molecule has 0 unspecified atom stereocenters. The molecular weight excluding hydrogens is 270 g/mol. The Hall–Kier alpha value is -2.60. The molecule has 0 saturated carbocycles. The molecule has 0 fully saturated rings. The third-order valence-electron chi connectivity index (χ3n) is 3.35. The van der Waals surface area contributed by atoms with Crippen LogP contribution in [-0.4, -0.2) is 33.4 Å². The molecule has 2 aromatic heterocycles. The van der Waals surface area contributed by atoms with E-state index in [1.165, 1.54) is 0 Å². The van der Waals surface area contributed by atoms with Gasteiger partial charge in [-0.1, -0.05) is 0 Å². The zero-order valence-corrected chi connectivity index (χ0v) is 11.5. The fourth-order valence-corrected chi connectivity index (χ4v) is 2.31. The number of H-pyrrole nitrogens is 1. The van der Waals surface area contributed by atoms with E-state index in [1.54, 1.807) is 36.2 Å². The van der Waals surface area contributed by atoms with Crippen LogP contribution < -0.4 is 10.3 Å². The molecule has 0 amide bonds. The number of aliphatic hydroxyl groups excluding tert-OH is 1. The lowest BCUT2D eigenvalue weighted by molar-refractivity contribution is 0.276. The molecular formula is C15H15N3O3. The van der Waals surface area contributed by atoms with E-state index in [2.05, 4.69) is 9.97 Å². The number of aromatic nitrogens is 3. The van der Waals surface area contributed by atoms with Gasteiger partial charge in [0.25, 0.3) is 5.56 Å². The quantitative estimate of drug-likeness (QED) is 0.759. The van der Waals surface area contributed by atoms with E-state index in [1.807, 2.05) is 12.1 Å². The summed E-state index contributed by atoms with van der Waals surface area (Å²) in [6.45, 7) is 0.390. The van der Waals surface area contributed by atoms with Crippen molar-refractivity contribution in [3.8, 4) is 17.1 Å². The lowest BCUT2D eigenvalue weighted by Crippen LogP contribution is -2.13. The fourth-order valence-electron chi connectivity index (χ4n) is 2.31. The summed E-state index contributed by atoms with van der Waals surface area (Å²) in [5.41, 5.74) is 0.968. The molecule has 0 radical (unpaired) electrons. The molecule has 108 valence electrons. The van der Waals surface area contributed by atoms with Crippen LogP contribution >= 0.6 is 0 Å². The number of ether oxygens (including phenoxy) is 1. The summed E-state index contributed by atoms with van der Waals surface area (Å²) < 4.78 is 6.90. The van der Waals surface area contributed by atoms with Crippen LogP contribution in [0, 0.1) is 0 Å². The highest BCUT2D eigenvalue weighted by atomic mass is 16.5. The molecule has 0 spiro atoms. The lowest BCUT2D eigenvalue weighted by Gasteiger charge is -2.07. The van der Waals surface area contributed by atoms with Crippen molar-refractivity contribution in [3.63, 3.8) is 0 Å². The van der Waals surface area contributed by atoms with Crippen molar-refractivity contribution in [3.05, 3.63) is 47.0 Å². The average Bonchev–Trinajstić information content (AvgIpc) is 2.94. The molecule has 2 heterocycles. The van der Waals surface area contributed by atoms with Crippen LogP contribution in [-0.2, 0) is 6.54 Å². The van der Waals surface area contributed by atoms with Crippen molar-refractivity contribution < 1.29 is 9.84 Å². The van der Waals surface area contributed by atoms with Crippen LogP contribution in [0.4, 0.5) is 0 Å². The highest BCUT2D eigenvalue weighted by molar-refractivity contribution is 5.83. The molecule has 0 aliphatic rings. The summed E-state index contributed by atoms with van der Waals surface area (Å²) in [7, 11) is 1.58. The van der Waals surface area contributed by atoms with Gasteiger partial charge < -0.3 is 19.4 Å². The van der Waals surface area contributed by atoms with Gasteiger partial charge in [0, 0.05) is 25.0 Å². The third-order valence-corrected chi connectivity index (χ3v) is 3.35. The number of hydrogen-bond donors (Lipinski definition) is 2. The van der Waals surface area contributed by atoms with E-state index >= 15 is 0 Å². The normalized spacial score (nSPS) is 11.0. The van der Waals surface area contributed by atoms with Crippen LogP contribution in [0.3, 0.4) is 0 Å². The summed E-state index contributed by atoms with van der Waals surface area (Å²) in [4.78, 5) is 19.3. The van der Waals surface area contributed by atoms with Crippen molar-refractivity contribution in [1.82, 2.24) is 14.5 Å². The third kappa shape index (κ3) is 2.41. The van der Waals surface area contributed by atoms with Gasteiger partial charge in [-0.15, -0.1) is 0 Å². The Morgan fingerprint density at radius 1 is 1.38 bits per heavy atom. The molecule has 0 aliphatic carbocycles. The Morgan fingerprint density at radius 3 is 3.00 bits per heavy atom. The Morgan fingerprint density at radius 2 is 2.24 bits per heavy atom. The molecule has 21 heavy (non-hydrogen) atoms. The molecule has 3 aromatic rings. The van der Waals surface area contributed by atoms with Crippen LogP contribution in [0.2, 0.25) is 0 Å². The van der Waals surface area contributed by atoms with Crippen LogP contribution in [0.25, 0.3) is 22.3 Å². The maximum Gasteiger partial charge on any atom is 0.259 e. The molecule has 6 nitrogen and oxygen atoms in total. The second-order valence-electron chi connectivity index (χ2n) is 4.63. The zero-order chi connectivity index (χ0) is 14.8. The highest BCUT2D eigenvalue weighted by Crippen LogP contribution is 2.22. The molecule has 2 N–H and O–H groups in total. The van der Waals surface area contributed by atoms with Crippen molar-refractivity contribution in [1.29, 1.82) is 0 Å². The minimum absolute atomic E-state index is 0.00789. The predicted molar refractivity (Wildman–Crippen MR) is 79.4 cm³/mol. The Bertz CT molecular complexity index is 836. The van der Waals surface area contributed by atoms with Gasteiger partial charge in [0.2, 0.25) is 0 Å². The topological polar surface area (TPSA) is 80.1 Å². The van der Waals surface area contributed by atoms with Crippen molar-refractivity contribution in [2.24, 2.45) is 0 Å². The van der Waals surface area contributed by atoms with Gasteiger partial charge in [-0.2, -0.15) is 0 Å². The minimum Gasteiger partial charge on any atom is -0.497 e. The van der Waals surface area contributed by atoms with Gasteiger partial charge in [-0.25, -0.2) is 4.98 Å². The van der Waals surface area contributed by atoms with Crippen molar-refractivity contribution in [2.45, 2.75) is 6.54 Å². The molecule has 3 rings (SSSR count). The number of imidazole rings is 1. The predicted octanol–water partition coefficient (Wildman–Crippen LogP) is 1.39. The maximum absolute atomic E-state index is 12.3. The number of pyridine rings is 1. The molecule has 0 aliphatic heterocycles. The van der Waals surface area contributed by atoms with Crippen LogP contribution in [0.5, 0.6) is 5.75 Å². The standard InChI is InChI=1S/C15H15N3O3/c1-21-11-3-2-10-8-12(15(20)17-13(10)9-11)14-16-4-5-18(14)6-7-19/h2-5,8-9,19H,6-7H2,1H3,(H,17,20). The van der Waals surface area contributed by atoms with Gasteiger partial charge in [0.15, 0.2) is 0 Å². The minimum atomic E-state index is -0.221. The van der Waals surface area contributed by atoms with Gasteiger partial charge in [0.1, 0.15) is 11.6 Å². The van der Waals surface area contributed by atoms with E-state index in [-0.39, 0.29) is 12.2 Å². The second-order valence-corrected chi connectivity index (χ2v) is 4.63. The molecule has 0 saturated heterocycles. The number of hydrogen-bond acceptors (Lipinski definition) is 4. The Kier molecular flexibility index (Phi) is 3.45. The van der Waals surface area contributed by atoms with Gasteiger partial charge in [-0.05, 0) is 23.6 Å². The molecule has 6 heteroatoms. The van der Waals surface area contributed by atoms with E-state index < -0.39 is 0 Å². The number of rotatable bonds is 4. The first-order chi connectivity index (χ1) is 10.2. The average molecular weight is 285 g/mol. The van der Waals surface area contributed by atoms with Gasteiger partial charge >= 0.3 is 0 Å². The number of aliphatic hydroxyl groups is 1. The first-order valence-corrected chi connectivity index (χ1v) is 6.56. The maximum atomic E-state index is 12.3. The summed E-state index contributed by atoms with van der Waals surface area (Å²) >= 11 is 0. The summed E-state index contributed by atoms with van der Waals surface area (Å²) in [6, 6.07) is 7.29. The fraction of sp³-hybridized carbons (Fsp3) is 0.200. The van der Waals surface area contributed by atoms with Gasteiger partial charge in [0.05, 0.1) is 24.8 Å². The Labute approximate surface area is 120 Å². The Balaban J connectivity index is 2.17. The highest BCUT2D eigenvalue weighted by Gasteiger charge is 2.11. The first-order valence-electron chi connectivity index (χ1n) is 6.56. The number of benzene rings is 1. The number of fused-ring (bicyclic) bond motifs is 1. The second kappa shape index (κ2) is 5.41. The lowest BCUT2D eigenvalue weighted by atomic mass is 10.1. The summed E-state index contributed by atoms with van der Waals surface area (Å²) in [5, 5.41) is 9.95. The van der Waals surface area contributed by atoms with Gasteiger partial charge in [-0.3, -0.25) is 4.79 Å². The largest absolute Gasteiger partial charge is 0.497 e. The van der Waals surface area contributed by atoms with E-state index in [4.69, 9.17) is 9.84 Å². The van der Waals surface area contributed by atoms with E-state index in [0.29, 0.717) is 29.2 Å². The SMILES string of the molecule is COc1ccc2cc(-c3nccn3CCO)c(=O)[nH]c2c1. The molecule has 0 atom stereocenters. The summed E-state index contributed by atoms with van der Waals surface area (Å²) in [5.74, 6) is 1.23. The van der Waals surface area contributed by atoms with Crippen molar-refractivity contribution in [2.75, 3.05) is 13.7 Å². The monoisotopic (exact) mass is 285 g/mol.